The lowest BCUT2D eigenvalue weighted by Crippen LogP contribution is -2.43. The first kappa shape index (κ1) is 21.0. The average molecular weight is 400 g/mol. The molecule has 2 atom stereocenters. The number of amides is 1. The number of ether oxygens (including phenoxy) is 3. The maximum Gasteiger partial charge on any atom is 0.224 e. The van der Waals surface area contributed by atoms with Crippen molar-refractivity contribution in [2.45, 2.75) is 25.5 Å². The topological polar surface area (TPSA) is 89.1 Å². The highest BCUT2D eigenvalue weighted by Gasteiger charge is 2.18. The number of carbonyl (C=O) groups excluding carboxylic acids is 1. The fourth-order valence-electron chi connectivity index (χ4n) is 2.93. The first-order valence-corrected chi connectivity index (χ1v) is 9.85. The van der Waals surface area contributed by atoms with Gasteiger partial charge in [-0.1, -0.05) is 36.4 Å². The number of hydrogen-bond donors (Lipinski definition) is 3. The normalized spacial score (nSPS) is 14.7. The maximum atomic E-state index is 12.0. The minimum atomic E-state index is -0.696. The molecule has 0 radical (unpaired) electrons. The molecule has 0 aliphatic carbocycles. The Kier molecular flexibility index (Phi) is 7.72. The Labute approximate surface area is 171 Å². The number of benzene rings is 2. The smallest absolute Gasteiger partial charge is 0.224 e. The van der Waals surface area contributed by atoms with Crippen molar-refractivity contribution < 1.29 is 24.1 Å². The highest BCUT2D eigenvalue weighted by molar-refractivity contribution is 5.78. The first-order chi connectivity index (χ1) is 14.1. The zero-order valence-electron chi connectivity index (χ0n) is 16.6. The van der Waals surface area contributed by atoms with Crippen LogP contribution in [0.3, 0.4) is 0 Å². The van der Waals surface area contributed by atoms with E-state index in [1.54, 1.807) is 6.07 Å². The van der Waals surface area contributed by atoms with Gasteiger partial charge in [-0.2, -0.15) is 0 Å². The minimum absolute atomic E-state index is 0.0191. The zero-order chi connectivity index (χ0) is 20.5. The van der Waals surface area contributed by atoms with Crippen LogP contribution in [0.2, 0.25) is 0 Å². The second kappa shape index (κ2) is 10.7. The van der Waals surface area contributed by atoms with Gasteiger partial charge in [-0.15, -0.1) is 0 Å². The third-order valence-electron chi connectivity index (χ3n) is 4.48. The SMILES string of the molecule is CC(CNC(=O)Cc1ccccc1)NCC(O)COc1cccc2c1OCCO2. The molecule has 1 amide bonds. The van der Waals surface area contributed by atoms with Crippen LogP contribution >= 0.6 is 0 Å². The van der Waals surface area contributed by atoms with Gasteiger partial charge in [0, 0.05) is 19.1 Å². The van der Waals surface area contributed by atoms with Crippen LogP contribution in [0.1, 0.15) is 12.5 Å². The molecule has 7 heteroatoms. The molecule has 3 rings (SSSR count). The van der Waals surface area contributed by atoms with Crippen molar-refractivity contribution in [2.75, 3.05) is 32.9 Å². The van der Waals surface area contributed by atoms with Crippen LogP contribution in [0.25, 0.3) is 0 Å². The summed E-state index contributed by atoms with van der Waals surface area (Å²) in [7, 11) is 0. The lowest BCUT2D eigenvalue weighted by atomic mass is 10.1. The Morgan fingerprint density at radius 3 is 2.72 bits per heavy atom. The summed E-state index contributed by atoms with van der Waals surface area (Å²) in [6.45, 7) is 3.90. The minimum Gasteiger partial charge on any atom is -0.487 e. The average Bonchev–Trinajstić information content (AvgIpc) is 2.75. The molecular weight excluding hydrogens is 372 g/mol. The van der Waals surface area contributed by atoms with Gasteiger partial charge in [0.1, 0.15) is 25.9 Å². The van der Waals surface area contributed by atoms with Gasteiger partial charge < -0.3 is 30.0 Å². The Balaban J connectivity index is 1.34. The van der Waals surface area contributed by atoms with E-state index in [-0.39, 0.29) is 18.6 Å². The summed E-state index contributed by atoms with van der Waals surface area (Å²) in [5, 5.41) is 16.3. The number of fused-ring (bicyclic) bond motifs is 1. The standard InChI is InChI=1S/C22H28N2O5/c1-16(13-24-21(26)12-17-6-3-2-4-7-17)23-14-18(25)15-29-20-9-5-8-19-22(20)28-11-10-27-19/h2-9,16,18,23,25H,10-15H2,1H3,(H,24,26). The molecular formula is C22H28N2O5. The van der Waals surface area contributed by atoms with E-state index in [4.69, 9.17) is 14.2 Å². The third-order valence-corrected chi connectivity index (χ3v) is 4.48. The summed E-state index contributed by atoms with van der Waals surface area (Å²) < 4.78 is 16.8. The molecule has 0 aromatic heterocycles. The van der Waals surface area contributed by atoms with Crippen molar-refractivity contribution in [3.05, 3.63) is 54.1 Å². The molecule has 2 aromatic carbocycles. The van der Waals surface area contributed by atoms with Crippen molar-refractivity contribution >= 4 is 5.91 Å². The summed E-state index contributed by atoms with van der Waals surface area (Å²) in [6.07, 6.45) is -0.338. The van der Waals surface area contributed by atoms with Gasteiger partial charge in [0.05, 0.1) is 6.42 Å². The number of aliphatic hydroxyl groups excluding tert-OH is 1. The Morgan fingerprint density at radius 2 is 1.90 bits per heavy atom. The highest BCUT2D eigenvalue weighted by atomic mass is 16.6. The third kappa shape index (κ3) is 6.66. The van der Waals surface area contributed by atoms with Crippen molar-refractivity contribution in [1.29, 1.82) is 0 Å². The number of hydrogen-bond acceptors (Lipinski definition) is 6. The molecule has 1 aliphatic heterocycles. The largest absolute Gasteiger partial charge is 0.487 e. The van der Waals surface area contributed by atoms with Crippen LogP contribution in [0.5, 0.6) is 17.2 Å². The molecule has 0 saturated heterocycles. The number of rotatable bonds is 10. The molecule has 7 nitrogen and oxygen atoms in total. The van der Waals surface area contributed by atoms with Crippen LogP contribution in [0.4, 0.5) is 0 Å². The first-order valence-electron chi connectivity index (χ1n) is 9.85. The molecule has 1 aliphatic rings. The number of aliphatic hydroxyl groups is 1. The number of carbonyl (C=O) groups is 1. The van der Waals surface area contributed by atoms with E-state index in [9.17, 15) is 9.90 Å². The molecule has 0 bridgehead atoms. The Morgan fingerprint density at radius 1 is 1.10 bits per heavy atom. The summed E-state index contributed by atoms with van der Waals surface area (Å²) >= 11 is 0. The van der Waals surface area contributed by atoms with E-state index in [0.29, 0.717) is 50.0 Å². The van der Waals surface area contributed by atoms with Gasteiger partial charge in [-0.05, 0) is 24.6 Å². The monoisotopic (exact) mass is 400 g/mol. The number of nitrogens with one attached hydrogen (secondary N) is 2. The molecule has 2 unspecified atom stereocenters. The van der Waals surface area contributed by atoms with Gasteiger partial charge in [0.15, 0.2) is 11.5 Å². The van der Waals surface area contributed by atoms with E-state index >= 15 is 0 Å². The number of para-hydroxylation sites is 1. The molecule has 1 heterocycles. The van der Waals surface area contributed by atoms with Crippen molar-refractivity contribution in [3.8, 4) is 17.2 Å². The Bertz CT molecular complexity index is 784. The van der Waals surface area contributed by atoms with Crippen molar-refractivity contribution in [3.63, 3.8) is 0 Å². The van der Waals surface area contributed by atoms with E-state index in [1.165, 1.54) is 0 Å². The van der Waals surface area contributed by atoms with Gasteiger partial charge in [-0.3, -0.25) is 4.79 Å². The molecule has 0 saturated carbocycles. The zero-order valence-corrected chi connectivity index (χ0v) is 16.6. The van der Waals surface area contributed by atoms with Crippen molar-refractivity contribution in [1.82, 2.24) is 10.6 Å². The van der Waals surface area contributed by atoms with E-state index in [1.807, 2.05) is 49.4 Å². The molecule has 29 heavy (non-hydrogen) atoms. The lowest BCUT2D eigenvalue weighted by Gasteiger charge is -2.22. The summed E-state index contributed by atoms with van der Waals surface area (Å²) in [5.74, 6) is 1.77. The van der Waals surface area contributed by atoms with Crippen molar-refractivity contribution in [2.24, 2.45) is 0 Å². The molecule has 0 fully saturated rings. The van der Waals surface area contributed by atoms with E-state index in [2.05, 4.69) is 10.6 Å². The highest BCUT2D eigenvalue weighted by Crippen LogP contribution is 2.38. The van der Waals surface area contributed by atoms with Crippen LogP contribution in [-0.4, -0.2) is 56.1 Å². The van der Waals surface area contributed by atoms with Gasteiger partial charge >= 0.3 is 0 Å². The van der Waals surface area contributed by atoms with Gasteiger partial charge in [-0.25, -0.2) is 0 Å². The van der Waals surface area contributed by atoms with Crippen LogP contribution in [0.15, 0.2) is 48.5 Å². The Hall–Kier alpha value is -2.77. The summed E-state index contributed by atoms with van der Waals surface area (Å²) in [4.78, 5) is 12.0. The van der Waals surface area contributed by atoms with Crippen LogP contribution < -0.4 is 24.8 Å². The summed E-state index contributed by atoms with van der Waals surface area (Å²) in [6, 6.07) is 15.1. The molecule has 156 valence electrons. The second-order valence-electron chi connectivity index (χ2n) is 7.02. The van der Waals surface area contributed by atoms with Crippen LogP contribution in [-0.2, 0) is 11.2 Å². The fourth-order valence-corrected chi connectivity index (χ4v) is 2.93. The lowest BCUT2D eigenvalue weighted by molar-refractivity contribution is -0.120. The quantitative estimate of drug-likeness (QED) is 0.561. The van der Waals surface area contributed by atoms with Gasteiger partial charge in [0.2, 0.25) is 11.7 Å². The van der Waals surface area contributed by atoms with E-state index in [0.717, 1.165) is 5.56 Å². The molecule has 3 N–H and O–H groups in total. The van der Waals surface area contributed by atoms with Gasteiger partial charge in [0.25, 0.3) is 0 Å². The summed E-state index contributed by atoms with van der Waals surface area (Å²) in [5.41, 5.74) is 0.982. The fraction of sp³-hybridized carbons (Fsp3) is 0.409. The predicted octanol–water partition coefficient (Wildman–Crippen LogP) is 1.53. The van der Waals surface area contributed by atoms with E-state index < -0.39 is 6.10 Å². The predicted molar refractivity (Wildman–Crippen MR) is 110 cm³/mol. The molecule has 0 spiro atoms. The maximum absolute atomic E-state index is 12.0. The van der Waals surface area contributed by atoms with Crippen LogP contribution in [0, 0.1) is 0 Å². The molecule has 2 aromatic rings. The second-order valence-corrected chi connectivity index (χ2v) is 7.02.